The van der Waals surface area contributed by atoms with Gasteiger partial charge in [0.2, 0.25) is 5.91 Å². The molecular weight excluding hydrogens is 355 g/mol. The number of nitrogens with one attached hydrogen (secondary N) is 1. The molecule has 1 amide bonds. The maximum atomic E-state index is 13.9. The average molecular weight is 377 g/mol. The molecule has 1 heterocycles. The van der Waals surface area contributed by atoms with E-state index in [2.05, 4.69) is 10.2 Å². The molecule has 0 spiro atoms. The predicted octanol–water partition coefficient (Wildman–Crippen LogP) is 4.34. The van der Waals surface area contributed by atoms with Crippen molar-refractivity contribution in [2.75, 3.05) is 25.5 Å². The third kappa shape index (κ3) is 4.74. The highest BCUT2D eigenvalue weighted by atomic mass is 35.5. The normalized spacial score (nSPS) is 15.7. The average Bonchev–Trinajstić information content (AvgIpc) is 2.65. The van der Waals surface area contributed by atoms with Crippen LogP contribution in [0.3, 0.4) is 0 Å². The van der Waals surface area contributed by atoms with Gasteiger partial charge in [-0.1, -0.05) is 17.7 Å². The van der Waals surface area contributed by atoms with Crippen LogP contribution in [0.4, 0.5) is 10.1 Å². The molecule has 1 aliphatic heterocycles. The number of anilines is 1. The summed E-state index contributed by atoms with van der Waals surface area (Å²) in [4.78, 5) is 14.6. The maximum Gasteiger partial charge on any atom is 0.227 e. The van der Waals surface area contributed by atoms with E-state index in [9.17, 15) is 9.18 Å². The van der Waals surface area contributed by atoms with Crippen LogP contribution in [0, 0.1) is 11.7 Å². The number of amides is 1. The molecule has 0 aromatic heterocycles. The van der Waals surface area contributed by atoms with Gasteiger partial charge in [-0.15, -0.1) is 0 Å². The number of ether oxygens (including phenoxy) is 1. The van der Waals surface area contributed by atoms with E-state index in [1.807, 2.05) is 24.3 Å². The molecule has 1 saturated heterocycles. The van der Waals surface area contributed by atoms with Crippen LogP contribution in [0.5, 0.6) is 5.75 Å². The number of carbonyl (C=O) groups excluding carboxylic acids is 1. The number of likely N-dealkylation sites (tertiary alicyclic amines) is 1. The van der Waals surface area contributed by atoms with E-state index in [1.54, 1.807) is 19.2 Å². The summed E-state index contributed by atoms with van der Waals surface area (Å²) in [6, 6.07) is 12.1. The van der Waals surface area contributed by atoms with Crippen LogP contribution in [0.25, 0.3) is 0 Å². The van der Waals surface area contributed by atoms with Gasteiger partial charge in [0.15, 0.2) is 0 Å². The molecule has 0 saturated carbocycles. The van der Waals surface area contributed by atoms with Crippen LogP contribution in [0.1, 0.15) is 18.4 Å². The van der Waals surface area contributed by atoms with Crippen molar-refractivity contribution in [2.24, 2.45) is 5.92 Å². The third-order valence-electron chi connectivity index (χ3n) is 4.72. The third-order valence-corrected chi connectivity index (χ3v) is 4.96. The second-order valence-corrected chi connectivity index (χ2v) is 6.94. The van der Waals surface area contributed by atoms with Crippen LogP contribution in [0.15, 0.2) is 42.5 Å². The van der Waals surface area contributed by atoms with Crippen molar-refractivity contribution < 1.29 is 13.9 Å². The molecular formula is C20H22ClFN2O2. The zero-order chi connectivity index (χ0) is 18.5. The van der Waals surface area contributed by atoms with Crippen LogP contribution < -0.4 is 10.1 Å². The van der Waals surface area contributed by atoms with Crippen LogP contribution in [-0.2, 0) is 11.3 Å². The molecule has 138 valence electrons. The zero-order valence-corrected chi connectivity index (χ0v) is 15.4. The second kappa shape index (κ2) is 8.52. The number of hydrogen-bond donors (Lipinski definition) is 1. The van der Waals surface area contributed by atoms with Gasteiger partial charge in [-0.2, -0.15) is 0 Å². The van der Waals surface area contributed by atoms with Gasteiger partial charge in [0, 0.05) is 28.7 Å². The van der Waals surface area contributed by atoms with Crippen molar-refractivity contribution in [1.29, 1.82) is 0 Å². The van der Waals surface area contributed by atoms with E-state index in [0.717, 1.165) is 37.4 Å². The minimum absolute atomic E-state index is 0.0246. The predicted molar refractivity (Wildman–Crippen MR) is 101 cm³/mol. The number of piperidine rings is 1. The quantitative estimate of drug-likeness (QED) is 0.844. The van der Waals surface area contributed by atoms with E-state index < -0.39 is 0 Å². The van der Waals surface area contributed by atoms with E-state index in [0.29, 0.717) is 17.1 Å². The highest BCUT2D eigenvalue weighted by Crippen LogP contribution is 2.23. The fourth-order valence-electron chi connectivity index (χ4n) is 3.16. The molecule has 1 fully saturated rings. The van der Waals surface area contributed by atoms with Gasteiger partial charge >= 0.3 is 0 Å². The van der Waals surface area contributed by atoms with E-state index in [1.165, 1.54) is 6.07 Å². The number of methoxy groups -OCH3 is 1. The highest BCUT2D eigenvalue weighted by Gasteiger charge is 2.25. The molecule has 6 heteroatoms. The van der Waals surface area contributed by atoms with E-state index in [4.69, 9.17) is 16.3 Å². The topological polar surface area (TPSA) is 41.6 Å². The molecule has 26 heavy (non-hydrogen) atoms. The molecule has 2 aromatic rings. The summed E-state index contributed by atoms with van der Waals surface area (Å²) < 4.78 is 19.0. The van der Waals surface area contributed by atoms with E-state index >= 15 is 0 Å². The first-order valence-electron chi connectivity index (χ1n) is 8.66. The van der Waals surface area contributed by atoms with Gasteiger partial charge in [-0.3, -0.25) is 9.69 Å². The first-order valence-corrected chi connectivity index (χ1v) is 9.04. The Kier molecular flexibility index (Phi) is 6.12. The lowest BCUT2D eigenvalue weighted by molar-refractivity contribution is -0.121. The van der Waals surface area contributed by atoms with Crippen LogP contribution in [-0.4, -0.2) is 31.0 Å². The minimum Gasteiger partial charge on any atom is -0.497 e. The Morgan fingerprint density at radius 2 is 1.92 bits per heavy atom. The second-order valence-electron chi connectivity index (χ2n) is 6.50. The number of carbonyl (C=O) groups is 1. The van der Waals surface area contributed by atoms with Crippen LogP contribution in [0.2, 0.25) is 5.02 Å². The Morgan fingerprint density at radius 3 is 2.54 bits per heavy atom. The molecule has 1 N–H and O–H groups in total. The fraction of sp³-hybridized carbons (Fsp3) is 0.350. The Bertz CT molecular complexity index is 759. The van der Waals surface area contributed by atoms with Gasteiger partial charge in [-0.25, -0.2) is 4.39 Å². The van der Waals surface area contributed by atoms with Crippen molar-refractivity contribution in [2.45, 2.75) is 19.4 Å². The molecule has 0 bridgehead atoms. The van der Waals surface area contributed by atoms with Crippen LogP contribution >= 0.6 is 11.6 Å². The smallest absolute Gasteiger partial charge is 0.227 e. The molecule has 0 unspecified atom stereocenters. The monoisotopic (exact) mass is 376 g/mol. The van der Waals surface area contributed by atoms with Crippen molar-refractivity contribution in [1.82, 2.24) is 4.90 Å². The lowest BCUT2D eigenvalue weighted by Gasteiger charge is -2.31. The molecule has 0 radical (unpaired) electrons. The summed E-state index contributed by atoms with van der Waals surface area (Å²) in [6.07, 6.45) is 1.52. The lowest BCUT2D eigenvalue weighted by atomic mass is 9.95. The molecule has 4 nitrogen and oxygen atoms in total. The summed E-state index contributed by atoms with van der Waals surface area (Å²) in [5.41, 5.74) is 1.40. The molecule has 1 aliphatic rings. The first-order chi connectivity index (χ1) is 12.5. The van der Waals surface area contributed by atoms with E-state index in [-0.39, 0.29) is 17.6 Å². The van der Waals surface area contributed by atoms with Gasteiger partial charge < -0.3 is 10.1 Å². The first kappa shape index (κ1) is 18.7. The Labute approximate surface area is 157 Å². The Hall–Kier alpha value is -2.11. The Balaban J connectivity index is 1.50. The number of rotatable bonds is 5. The van der Waals surface area contributed by atoms with Crippen molar-refractivity contribution in [3.8, 4) is 5.75 Å². The summed E-state index contributed by atoms with van der Waals surface area (Å²) >= 11 is 5.79. The van der Waals surface area contributed by atoms with Gasteiger partial charge in [-0.05, 0) is 62.3 Å². The summed E-state index contributed by atoms with van der Waals surface area (Å²) in [7, 11) is 1.61. The number of benzene rings is 2. The fourth-order valence-corrected chi connectivity index (χ4v) is 3.32. The van der Waals surface area contributed by atoms with Crippen molar-refractivity contribution in [3.63, 3.8) is 0 Å². The number of nitrogens with zero attached hydrogens (tertiary/aromatic N) is 1. The molecule has 0 aliphatic carbocycles. The SMILES string of the molecule is COc1ccc(NC(=O)C2CCN(Cc3ccc(Cl)cc3F)CC2)cc1. The summed E-state index contributed by atoms with van der Waals surface area (Å²) in [5.74, 6) is 0.485. The maximum absolute atomic E-state index is 13.9. The number of halogens is 2. The molecule has 3 rings (SSSR count). The highest BCUT2D eigenvalue weighted by molar-refractivity contribution is 6.30. The molecule has 2 aromatic carbocycles. The minimum atomic E-state index is -0.281. The lowest BCUT2D eigenvalue weighted by Crippen LogP contribution is -2.37. The zero-order valence-electron chi connectivity index (χ0n) is 14.7. The summed E-state index contributed by atoms with van der Waals surface area (Å²) in [6.45, 7) is 2.07. The largest absolute Gasteiger partial charge is 0.497 e. The standard InChI is InChI=1S/C20H22ClFN2O2/c1-26-18-6-4-17(5-7-18)23-20(25)14-8-10-24(11-9-14)13-15-2-3-16(21)12-19(15)22/h2-7,12,14H,8-11,13H2,1H3,(H,23,25). The van der Waals surface area contributed by atoms with Crippen molar-refractivity contribution in [3.05, 3.63) is 58.9 Å². The van der Waals surface area contributed by atoms with Gasteiger partial charge in [0.25, 0.3) is 0 Å². The van der Waals surface area contributed by atoms with Gasteiger partial charge in [0.05, 0.1) is 7.11 Å². The molecule has 0 atom stereocenters. The summed E-state index contributed by atoms with van der Waals surface area (Å²) in [5, 5.41) is 3.36. The van der Waals surface area contributed by atoms with Gasteiger partial charge in [0.1, 0.15) is 11.6 Å². The Morgan fingerprint density at radius 1 is 1.23 bits per heavy atom. The van der Waals surface area contributed by atoms with Crippen molar-refractivity contribution >= 4 is 23.2 Å². The number of hydrogen-bond acceptors (Lipinski definition) is 3.